The molecular formula is C13H11IOS. The Morgan fingerprint density at radius 1 is 1.38 bits per heavy atom. The Balaban J connectivity index is 2.13. The molecule has 0 fully saturated rings. The second-order valence-corrected chi connectivity index (χ2v) is 6.53. The smallest absolute Gasteiger partial charge is 0.168 e. The molecule has 0 radical (unpaired) electrons. The number of carbonyl (C=O) groups excluding carboxylic acids is 1. The highest BCUT2D eigenvalue weighted by atomic mass is 127. The number of Topliss-reactive ketones (excluding diaryl/α,β-unsaturated/α-hetero) is 1. The fourth-order valence-electron chi connectivity index (χ4n) is 1.57. The molecule has 1 aromatic carbocycles. The maximum absolute atomic E-state index is 11.9. The number of rotatable bonds is 3. The minimum atomic E-state index is 0.199. The summed E-state index contributed by atoms with van der Waals surface area (Å²) >= 11 is 3.85. The van der Waals surface area contributed by atoms with Gasteiger partial charge in [-0.3, -0.25) is 4.79 Å². The Hall–Kier alpha value is -0.680. The van der Waals surface area contributed by atoms with Gasteiger partial charge in [0.25, 0.3) is 0 Å². The lowest BCUT2D eigenvalue weighted by Crippen LogP contribution is -2.02. The van der Waals surface area contributed by atoms with Crippen LogP contribution in [0.25, 0.3) is 0 Å². The molecule has 1 nitrogen and oxygen atoms in total. The van der Waals surface area contributed by atoms with Gasteiger partial charge < -0.3 is 0 Å². The van der Waals surface area contributed by atoms with Crippen LogP contribution in [0.4, 0.5) is 0 Å². The van der Waals surface area contributed by atoms with E-state index in [0.29, 0.717) is 6.42 Å². The minimum Gasteiger partial charge on any atom is -0.294 e. The SMILES string of the molecule is Cc1cccc(CC(=O)c2csc(I)c2)c1. The van der Waals surface area contributed by atoms with Crippen LogP contribution >= 0.6 is 33.9 Å². The molecule has 3 heteroatoms. The topological polar surface area (TPSA) is 17.1 Å². The molecule has 0 aliphatic carbocycles. The summed E-state index contributed by atoms with van der Waals surface area (Å²) < 4.78 is 1.16. The van der Waals surface area contributed by atoms with Crippen molar-refractivity contribution in [3.8, 4) is 0 Å². The van der Waals surface area contributed by atoms with E-state index < -0.39 is 0 Å². The molecule has 0 unspecified atom stereocenters. The number of halogens is 1. The summed E-state index contributed by atoms with van der Waals surface area (Å²) in [5.74, 6) is 0.199. The van der Waals surface area contributed by atoms with E-state index in [1.807, 2.05) is 36.6 Å². The van der Waals surface area contributed by atoms with Gasteiger partial charge in [-0.1, -0.05) is 29.8 Å². The molecule has 0 bridgehead atoms. The molecule has 1 heterocycles. The van der Waals surface area contributed by atoms with Crippen molar-refractivity contribution in [2.24, 2.45) is 0 Å². The van der Waals surface area contributed by atoms with Crippen molar-refractivity contribution in [3.63, 3.8) is 0 Å². The normalized spacial score (nSPS) is 10.4. The average molecular weight is 342 g/mol. The van der Waals surface area contributed by atoms with Gasteiger partial charge in [0.15, 0.2) is 5.78 Å². The number of hydrogen-bond acceptors (Lipinski definition) is 2. The van der Waals surface area contributed by atoms with Crippen LogP contribution in [0.2, 0.25) is 0 Å². The first kappa shape index (κ1) is 11.8. The Morgan fingerprint density at radius 3 is 2.81 bits per heavy atom. The Kier molecular flexibility index (Phi) is 3.76. The standard InChI is InChI=1S/C13H11IOS/c1-9-3-2-4-10(5-9)6-12(15)11-7-13(14)16-8-11/h2-5,7-8H,6H2,1H3. The lowest BCUT2D eigenvalue weighted by molar-refractivity contribution is 0.0993. The Labute approximate surface area is 113 Å². The highest BCUT2D eigenvalue weighted by Crippen LogP contribution is 2.18. The first-order valence-electron chi connectivity index (χ1n) is 4.98. The van der Waals surface area contributed by atoms with E-state index in [1.165, 1.54) is 5.56 Å². The first-order valence-corrected chi connectivity index (χ1v) is 6.94. The molecule has 2 rings (SSSR count). The van der Waals surface area contributed by atoms with E-state index in [4.69, 9.17) is 0 Å². The molecule has 16 heavy (non-hydrogen) atoms. The van der Waals surface area contributed by atoms with E-state index >= 15 is 0 Å². The van der Waals surface area contributed by atoms with Gasteiger partial charge in [-0.05, 0) is 41.1 Å². The highest BCUT2D eigenvalue weighted by Gasteiger charge is 2.08. The number of benzene rings is 1. The maximum atomic E-state index is 11.9. The van der Waals surface area contributed by atoms with Gasteiger partial charge >= 0.3 is 0 Å². The van der Waals surface area contributed by atoms with Gasteiger partial charge in [0.2, 0.25) is 0 Å². The van der Waals surface area contributed by atoms with Gasteiger partial charge in [0, 0.05) is 17.4 Å². The molecule has 0 N–H and O–H groups in total. The molecule has 0 aliphatic rings. The van der Waals surface area contributed by atoms with Crippen molar-refractivity contribution >= 4 is 39.7 Å². The van der Waals surface area contributed by atoms with Crippen LogP contribution in [0.15, 0.2) is 35.7 Å². The zero-order valence-corrected chi connectivity index (χ0v) is 11.8. The molecule has 2 aromatic rings. The monoisotopic (exact) mass is 342 g/mol. The van der Waals surface area contributed by atoms with Crippen LogP contribution in [-0.4, -0.2) is 5.78 Å². The van der Waals surface area contributed by atoms with Crippen molar-refractivity contribution in [2.45, 2.75) is 13.3 Å². The van der Waals surface area contributed by atoms with Crippen LogP contribution in [-0.2, 0) is 6.42 Å². The zero-order valence-electron chi connectivity index (χ0n) is 8.87. The quantitative estimate of drug-likeness (QED) is 0.607. The third-order valence-electron chi connectivity index (χ3n) is 2.34. The van der Waals surface area contributed by atoms with Gasteiger partial charge in [-0.2, -0.15) is 0 Å². The first-order chi connectivity index (χ1) is 7.65. The minimum absolute atomic E-state index is 0.199. The Morgan fingerprint density at radius 2 is 2.19 bits per heavy atom. The van der Waals surface area contributed by atoms with Crippen LogP contribution in [0.5, 0.6) is 0 Å². The van der Waals surface area contributed by atoms with E-state index in [9.17, 15) is 4.79 Å². The maximum Gasteiger partial charge on any atom is 0.168 e. The summed E-state index contributed by atoms with van der Waals surface area (Å²) in [6.45, 7) is 2.04. The number of hydrogen-bond donors (Lipinski definition) is 0. The van der Waals surface area contributed by atoms with Gasteiger partial charge in [-0.15, -0.1) is 11.3 Å². The lowest BCUT2D eigenvalue weighted by Gasteiger charge is -2.00. The van der Waals surface area contributed by atoms with Crippen LogP contribution in [0, 0.1) is 9.81 Å². The van der Waals surface area contributed by atoms with Crippen molar-refractivity contribution in [1.29, 1.82) is 0 Å². The highest BCUT2D eigenvalue weighted by molar-refractivity contribution is 14.1. The van der Waals surface area contributed by atoms with Gasteiger partial charge in [-0.25, -0.2) is 0 Å². The fourth-order valence-corrected chi connectivity index (χ4v) is 2.92. The fraction of sp³-hybridized carbons (Fsp3) is 0.154. The summed E-state index contributed by atoms with van der Waals surface area (Å²) in [6.07, 6.45) is 0.495. The second kappa shape index (κ2) is 5.10. The molecule has 0 saturated carbocycles. The zero-order chi connectivity index (χ0) is 11.5. The molecule has 0 aliphatic heterocycles. The molecule has 0 atom stereocenters. The average Bonchev–Trinajstić information content (AvgIpc) is 2.65. The summed E-state index contributed by atoms with van der Waals surface area (Å²) in [6, 6.07) is 10.1. The van der Waals surface area contributed by atoms with Crippen molar-refractivity contribution in [1.82, 2.24) is 0 Å². The number of carbonyl (C=O) groups is 1. The number of ketones is 1. The van der Waals surface area contributed by atoms with E-state index in [-0.39, 0.29) is 5.78 Å². The second-order valence-electron chi connectivity index (χ2n) is 3.73. The third kappa shape index (κ3) is 2.92. The lowest BCUT2D eigenvalue weighted by atomic mass is 10.0. The number of thiophene rings is 1. The predicted octanol–water partition coefficient (Wildman–Crippen LogP) is 4.09. The molecule has 82 valence electrons. The van der Waals surface area contributed by atoms with Gasteiger partial charge in [0.1, 0.15) is 0 Å². The number of aryl methyl sites for hydroxylation is 1. The third-order valence-corrected chi connectivity index (χ3v) is 4.13. The largest absolute Gasteiger partial charge is 0.294 e. The van der Waals surface area contributed by atoms with Crippen LogP contribution < -0.4 is 0 Å². The molecule has 0 amide bonds. The molecule has 0 spiro atoms. The molecular weight excluding hydrogens is 331 g/mol. The van der Waals surface area contributed by atoms with E-state index in [2.05, 4.69) is 28.7 Å². The van der Waals surface area contributed by atoms with E-state index in [0.717, 1.165) is 14.0 Å². The van der Waals surface area contributed by atoms with Crippen molar-refractivity contribution in [2.75, 3.05) is 0 Å². The summed E-state index contributed by atoms with van der Waals surface area (Å²) in [5, 5.41) is 1.93. The molecule has 0 saturated heterocycles. The van der Waals surface area contributed by atoms with Crippen molar-refractivity contribution in [3.05, 3.63) is 55.3 Å². The van der Waals surface area contributed by atoms with Crippen molar-refractivity contribution < 1.29 is 4.79 Å². The Bertz CT molecular complexity index is 516. The summed E-state index contributed by atoms with van der Waals surface area (Å²) in [5.41, 5.74) is 3.12. The summed E-state index contributed by atoms with van der Waals surface area (Å²) in [4.78, 5) is 11.9. The van der Waals surface area contributed by atoms with Crippen LogP contribution in [0.3, 0.4) is 0 Å². The van der Waals surface area contributed by atoms with Gasteiger partial charge in [0.05, 0.1) is 2.88 Å². The molecule has 1 aromatic heterocycles. The predicted molar refractivity (Wildman–Crippen MR) is 76.2 cm³/mol. The van der Waals surface area contributed by atoms with E-state index in [1.54, 1.807) is 11.3 Å². The summed E-state index contributed by atoms with van der Waals surface area (Å²) in [7, 11) is 0. The van der Waals surface area contributed by atoms with Crippen LogP contribution in [0.1, 0.15) is 21.5 Å².